The molecule has 1 aromatic heterocycles. The summed E-state index contributed by atoms with van der Waals surface area (Å²) in [5.41, 5.74) is 3.79. The first-order valence-corrected chi connectivity index (χ1v) is 5.65. The maximum Gasteiger partial charge on any atom is 0.0834 e. The van der Waals surface area contributed by atoms with E-state index in [9.17, 15) is 0 Å². The Balaban J connectivity index is 2.94. The molecule has 0 aliphatic heterocycles. The number of hydrogen-bond acceptors (Lipinski definition) is 3. The predicted molar refractivity (Wildman–Crippen MR) is 62.4 cm³/mol. The highest BCUT2D eigenvalue weighted by Crippen LogP contribution is 2.26. The van der Waals surface area contributed by atoms with E-state index in [4.69, 9.17) is 17.4 Å². The highest BCUT2D eigenvalue weighted by atomic mass is 35.5. The van der Waals surface area contributed by atoms with Crippen molar-refractivity contribution in [2.24, 2.45) is 11.8 Å². The highest BCUT2D eigenvalue weighted by molar-refractivity contribution is 6.31. The van der Waals surface area contributed by atoms with Gasteiger partial charge in [0.25, 0.3) is 0 Å². The summed E-state index contributed by atoms with van der Waals surface area (Å²) < 4.78 is 1.88. The average molecular weight is 231 g/mol. The van der Waals surface area contributed by atoms with Gasteiger partial charge in [-0.1, -0.05) is 25.4 Å². The molecule has 0 bridgehead atoms. The van der Waals surface area contributed by atoms with Crippen LogP contribution in [0.15, 0.2) is 6.20 Å². The van der Waals surface area contributed by atoms with Gasteiger partial charge >= 0.3 is 0 Å². The van der Waals surface area contributed by atoms with E-state index in [1.54, 1.807) is 6.20 Å². The van der Waals surface area contributed by atoms with Gasteiger partial charge in [0.1, 0.15) is 0 Å². The molecule has 1 aromatic rings. The Morgan fingerprint density at radius 3 is 2.73 bits per heavy atom. The van der Waals surface area contributed by atoms with Gasteiger partial charge in [-0.3, -0.25) is 16.0 Å². The minimum absolute atomic E-state index is 0.0694. The van der Waals surface area contributed by atoms with Crippen molar-refractivity contribution < 1.29 is 0 Å². The molecule has 0 saturated carbocycles. The zero-order valence-corrected chi connectivity index (χ0v) is 10.3. The summed E-state index contributed by atoms with van der Waals surface area (Å²) in [6, 6.07) is 0.0694. The second kappa shape index (κ2) is 5.49. The molecule has 4 nitrogen and oxygen atoms in total. The van der Waals surface area contributed by atoms with E-state index in [1.165, 1.54) is 0 Å². The number of aromatic nitrogens is 2. The average Bonchev–Trinajstić information content (AvgIpc) is 2.56. The van der Waals surface area contributed by atoms with Gasteiger partial charge in [-0.25, -0.2) is 0 Å². The topological polar surface area (TPSA) is 55.9 Å². The van der Waals surface area contributed by atoms with Crippen LogP contribution in [-0.4, -0.2) is 9.78 Å². The molecule has 5 heteroatoms. The van der Waals surface area contributed by atoms with Crippen molar-refractivity contribution in [1.29, 1.82) is 0 Å². The molecule has 0 amide bonds. The van der Waals surface area contributed by atoms with E-state index < -0.39 is 0 Å². The van der Waals surface area contributed by atoms with Crippen LogP contribution >= 0.6 is 11.6 Å². The summed E-state index contributed by atoms with van der Waals surface area (Å²) >= 11 is 6.10. The third kappa shape index (κ3) is 2.93. The normalized spacial score (nSPS) is 13.5. The summed E-state index contributed by atoms with van der Waals surface area (Å²) in [5.74, 6) is 6.11. The first kappa shape index (κ1) is 12.5. The van der Waals surface area contributed by atoms with Crippen LogP contribution < -0.4 is 11.3 Å². The fourth-order valence-electron chi connectivity index (χ4n) is 1.70. The molecule has 3 N–H and O–H groups in total. The highest BCUT2D eigenvalue weighted by Gasteiger charge is 2.19. The SMILES string of the molecule is CCn1ncc(Cl)c1C(CC(C)C)NN. The summed E-state index contributed by atoms with van der Waals surface area (Å²) in [7, 11) is 0. The van der Waals surface area contributed by atoms with E-state index in [0.717, 1.165) is 18.7 Å². The van der Waals surface area contributed by atoms with Crippen molar-refractivity contribution in [2.45, 2.75) is 39.8 Å². The Morgan fingerprint density at radius 1 is 1.60 bits per heavy atom. The van der Waals surface area contributed by atoms with E-state index in [2.05, 4.69) is 24.4 Å². The molecule has 0 radical (unpaired) electrons. The fraction of sp³-hybridized carbons (Fsp3) is 0.700. The summed E-state index contributed by atoms with van der Waals surface area (Å²) in [6.45, 7) is 7.16. The van der Waals surface area contributed by atoms with Crippen molar-refractivity contribution >= 4 is 11.6 Å². The van der Waals surface area contributed by atoms with Crippen LogP contribution in [0.1, 0.15) is 38.9 Å². The molecule has 1 rings (SSSR count). The predicted octanol–water partition coefficient (Wildman–Crippen LogP) is 2.11. The van der Waals surface area contributed by atoms with Gasteiger partial charge in [0.05, 0.1) is 23.0 Å². The first-order valence-electron chi connectivity index (χ1n) is 5.27. The zero-order valence-electron chi connectivity index (χ0n) is 9.50. The molecule has 0 aliphatic rings. The van der Waals surface area contributed by atoms with Crippen molar-refractivity contribution in [3.8, 4) is 0 Å². The summed E-state index contributed by atoms with van der Waals surface area (Å²) in [4.78, 5) is 0. The molecular formula is C10H19ClN4. The number of nitrogens with zero attached hydrogens (tertiary/aromatic N) is 2. The number of halogens is 1. The van der Waals surface area contributed by atoms with Gasteiger partial charge in [0, 0.05) is 6.54 Å². The lowest BCUT2D eigenvalue weighted by molar-refractivity contribution is 0.410. The van der Waals surface area contributed by atoms with Crippen molar-refractivity contribution in [1.82, 2.24) is 15.2 Å². The number of nitrogens with two attached hydrogens (primary N) is 1. The van der Waals surface area contributed by atoms with Crippen LogP contribution in [0.2, 0.25) is 5.02 Å². The van der Waals surface area contributed by atoms with E-state index in [-0.39, 0.29) is 6.04 Å². The Morgan fingerprint density at radius 2 is 2.27 bits per heavy atom. The van der Waals surface area contributed by atoms with Crippen LogP contribution in [0.25, 0.3) is 0 Å². The van der Waals surface area contributed by atoms with Crippen molar-refractivity contribution in [3.63, 3.8) is 0 Å². The molecule has 1 atom stereocenters. The first-order chi connectivity index (χ1) is 7.10. The Kier molecular flexibility index (Phi) is 4.57. The Bertz CT molecular complexity index is 308. The van der Waals surface area contributed by atoms with Gasteiger partial charge < -0.3 is 0 Å². The van der Waals surface area contributed by atoms with Gasteiger partial charge in [-0.2, -0.15) is 5.10 Å². The largest absolute Gasteiger partial charge is 0.271 e. The number of nitrogens with one attached hydrogen (secondary N) is 1. The number of hydrazine groups is 1. The molecule has 0 saturated heterocycles. The van der Waals surface area contributed by atoms with E-state index >= 15 is 0 Å². The standard InChI is InChI=1S/C10H19ClN4/c1-4-15-10(8(11)6-13-15)9(14-12)5-7(2)3/h6-7,9,14H,4-5,12H2,1-3H3. The Labute approximate surface area is 95.8 Å². The number of rotatable bonds is 5. The lowest BCUT2D eigenvalue weighted by Gasteiger charge is -2.19. The molecule has 0 spiro atoms. The van der Waals surface area contributed by atoms with Crippen LogP contribution in [-0.2, 0) is 6.54 Å². The second-order valence-corrected chi connectivity index (χ2v) is 4.45. The molecule has 0 fully saturated rings. The van der Waals surface area contributed by atoms with Crippen LogP contribution in [0, 0.1) is 5.92 Å². The maximum absolute atomic E-state index is 6.10. The monoisotopic (exact) mass is 230 g/mol. The van der Waals surface area contributed by atoms with Gasteiger partial charge in [-0.15, -0.1) is 0 Å². The molecular weight excluding hydrogens is 212 g/mol. The number of aryl methyl sites for hydroxylation is 1. The third-order valence-electron chi connectivity index (χ3n) is 2.37. The van der Waals surface area contributed by atoms with E-state index in [1.807, 2.05) is 11.6 Å². The van der Waals surface area contributed by atoms with Crippen molar-refractivity contribution in [2.75, 3.05) is 0 Å². The molecule has 15 heavy (non-hydrogen) atoms. The molecule has 86 valence electrons. The smallest absolute Gasteiger partial charge is 0.0834 e. The fourth-order valence-corrected chi connectivity index (χ4v) is 1.97. The minimum atomic E-state index is 0.0694. The third-order valence-corrected chi connectivity index (χ3v) is 2.66. The van der Waals surface area contributed by atoms with Crippen LogP contribution in [0.5, 0.6) is 0 Å². The molecule has 1 unspecified atom stereocenters. The molecule has 1 heterocycles. The van der Waals surface area contributed by atoms with Crippen LogP contribution in [0.3, 0.4) is 0 Å². The number of hydrogen-bond donors (Lipinski definition) is 2. The minimum Gasteiger partial charge on any atom is -0.271 e. The van der Waals surface area contributed by atoms with Crippen LogP contribution in [0.4, 0.5) is 0 Å². The summed E-state index contributed by atoms with van der Waals surface area (Å²) in [6.07, 6.45) is 2.62. The van der Waals surface area contributed by atoms with E-state index in [0.29, 0.717) is 10.9 Å². The Hall–Kier alpha value is -0.580. The summed E-state index contributed by atoms with van der Waals surface area (Å²) in [5, 5.41) is 4.88. The van der Waals surface area contributed by atoms with Gasteiger partial charge in [0.15, 0.2) is 0 Å². The second-order valence-electron chi connectivity index (χ2n) is 4.04. The molecule has 0 aliphatic carbocycles. The zero-order chi connectivity index (χ0) is 11.4. The maximum atomic E-state index is 6.10. The van der Waals surface area contributed by atoms with Crippen molar-refractivity contribution in [3.05, 3.63) is 16.9 Å². The molecule has 0 aromatic carbocycles. The lowest BCUT2D eigenvalue weighted by Crippen LogP contribution is -2.31. The quantitative estimate of drug-likeness (QED) is 0.602. The van der Waals surface area contributed by atoms with Gasteiger partial charge in [-0.05, 0) is 19.3 Å². The lowest BCUT2D eigenvalue weighted by atomic mass is 10.0. The van der Waals surface area contributed by atoms with Gasteiger partial charge in [0.2, 0.25) is 0 Å².